The lowest BCUT2D eigenvalue weighted by Gasteiger charge is -2.36. The van der Waals surface area contributed by atoms with Crippen LogP contribution in [-0.2, 0) is 19.4 Å². The van der Waals surface area contributed by atoms with Gasteiger partial charge in [-0.25, -0.2) is 9.97 Å². The summed E-state index contributed by atoms with van der Waals surface area (Å²) in [6.07, 6.45) is 5.45. The second-order valence-electron chi connectivity index (χ2n) is 9.13. The van der Waals surface area contributed by atoms with Crippen molar-refractivity contribution in [3.63, 3.8) is 0 Å². The molecule has 1 atom stereocenters. The maximum absolute atomic E-state index is 4.79. The van der Waals surface area contributed by atoms with Crippen molar-refractivity contribution in [3.8, 4) is 0 Å². The van der Waals surface area contributed by atoms with Crippen LogP contribution in [0.2, 0.25) is 0 Å². The Hall–Kier alpha value is -2.50. The molecule has 0 N–H and O–H groups in total. The van der Waals surface area contributed by atoms with Crippen molar-refractivity contribution in [2.24, 2.45) is 5.92 Å². The van der Waals surface area contributed by atoms with Crippen LogP contribution in [0, 0.1) is 5.92 Å². The van der Waals surface area contributed by atoms with Gasteiger partial charge in [0.15, 0.2) is 0 Å². The molecule has 2 aromatic carbocycles. The van der Waals surface area contributed by atoms with Crippen LogP contribution in [-0.4, -0.2) is 41.0 Å². The summed E-state index contributed by atoms with van der Waals surface area (Å²) in [5.41, 5.74) is 2.96. The Balaban J connectivity index is 1.23. The van der Waals surface area contributed by atoms with Gasteiger partial charge < -0.3 is 4.90 Å². The molecule has 1 aliphatic heterocycles. The summed E-state index contributed by atoms with van der Waals surface area (Å²) in [6, 6.07) is 15.4. The van der Waals surface area contributed by atoms with E-state index in [2.05, 4.69) is 64.2 Å². The minimum atomic E-state index is 0.760. The van der Waals surface area contributed by atoms with Crippen molar-refractivity contribution < 1.29 is 0 Å². The maximum Gasteiger partial charge on any atom is 0.141 e. The third-order valence-corrected chi connectivity index (χ3v) is 8.21. The van der Waals surface area contributed by atoms with Gasteiger partial charge in [-0.15, -0.1) is 11.3 Å². The van der Waals surface area contributed by atoms with Crippen LogP contribution in [0.1, 0.15) is 29.3 Å². The Morgan fingerprint density at radius 3 is 2.74 bits per heavy atom. The number of nitrogens with zero attached hydrogens (tertiary/aromatic N) is 4. The predicted octanol–water partition coefficient (Wildman–Crippen LogP) is 5.29. The molecule has 158 valence electrons. The number of thiophene rings is 1. The van der Waals surface area contributed by atoms with Crippen molar-refractivity contribution in [2.45, 2.75) is 32.7 Å². The van der Waals surface area contributed by atoms with Crippen molar-refractivity contribution in [1.82, 2.24) is 14.9 Å². The van der Waals surface area contributed by atoms with E-state index < -0.39 is 0 Å². The number of hydrogen-bond acceptors (Lipinski definition) is 5. The molecule has 0 saturated carbocycles. The standard InChI is InChI=1S/C26H28N4S/c1-18-9-10-23-22(15-18)24-25(27-17-28-26(24)31-23)30-13-11-29(12-14-30)16-20-7-4-6-19-5-2-3-8-21(19)20/h2-8,17-18H,9-16H2,1H3. The van der Waals surface area contributed by atoms with Crippen molar-refractivity contribution in [3.05, 3.63) is 64.8 Å². The Morgan fingerprint density at radius 2 is 1.84 bits per heavy atom. The average Bonchev–Trinajstić information content (AvgIpc) is 3.18. The highest BCUT2D eigenvalue weighted by atomic mass is 32.1. The number of anilines is 1. The molecular formula is C26H28N4S. The molecule has 6 rings (SSSR count). The minimum Gasteiger partial charge on any atom is -0.353 e. The quantitative estimate of drug-likeness (QED) is 0.444. The second-order valence-corrected chi connectivity index (χ2v) is 10.2. The number of rotatable bonds is 3. The first kappa shape index (κ1) is 19.2. The molecule has 31 heavy (non-hydrogen) atoms. The van der Waals surface area contributed by atoms with Crippen molar-refractivity contribution in [2.75, 3.05) is 31.1 Å². The van der Waals surface area contributed by atoms with Crippen LogP contribution in [0.15, 0.2) is 48.8 Å². The maximum atomic E-state index is 4.79. The highest BCUT2D eigenvalue weighted by Gasteiger charge is 2.26. The van der Waals surface area contributed by atoms with Gasteiger partial charge in [0, 0.05) is 37.6 Å². The fraction of sp³-hybridized carbons (Fsp3) is 0.385. The summed E-state index contributed by atoms with van der Waals surface area (Å²) in [6.45, 7) is 7.57. The molecule has 1 saturated heterocycles. The Morgan fingerprint density at radius 1 is 1.00 bits per heavy atom. The van der Waals surface area contributed by atoms with Crippen LogP contribution in [0.25, 0.3) is 21.0 Å². The molecule has 2 aliphatic rings. The van der Waals surface area contributed by atoms with E-state index in [0.29, 0.717) is 0 Å². The number of fused-ring (bicyclic) bond motifs is 4. The molecule has 5 heteroatoms. The highest BCUT2D eigenvalue weighted by molar-refractivity contribution is 7.19. The summed E-state index contributed by atoms with van der Waals surface area (Å²) in [7, 11) is 0. The van der Waals surface area contributed by atoms with E-state index in [1.165, 1.54) is 57.2 Å². The zero-order chi connectivity index (χ0) is 20.8. The van der Waals surface area contributed by atoms with Crippen molar-refractivity contribution >= 4 is 38.1 Å². The molecule has 2 aromatic heterocycles. The second kappa shape index (κ2) is 7.88. The van der Waals surface area contributed by atoms with E-state index in [9.17, 15) is 0 Å². The van der Waals surface area contributed by atoms with Gasteiger partial charge in [0.2, 0.25) is 0 Å². The molecule has 4 aromatic rings. The molecular weight excluding hydrogens is 400 g/mol. The lowest BCUT2D eigenvalue weighted by atomic mass is 9.88. The minimum absolute atomic E-state index is 0.760. The van der Waals surface area contributed by atoms with Gasteiger partial charge in [-0.3, -0.25) is 4.90 Å². The lowest BCUT2D eigenvalue weighted by molar-refractivity contribution is 0.250. The molecule has 1 fully saturated rings. The van der Waals surface area contributed by atoms with E-state index in [1.807, 2.05) is 11.3 Å². The van der Waals surface area contributed by atoms with Crippen LogP contribution >= 0.6 is 11.3 Å². The van der Waals surface area contributed by atoms with Gasteiger partial charge in [0.05, 0.1) is 5.39 Å². The smallest absolute Gasteiger partial charge is 0.141 e. The van der Waals surface area contributed by atoms with E-state index in [1.54, 1.807) is 11.2 Å². The number of hydrogen-bond donors (Lipinski definition) is 0. The van der Waals surface area contributed by atoms with Gasteiger partial charge in [-0.1, -0.05) is 49.4 Å². The first-order valence-corrected chi connectivity index (χ1v) is 12.3. The SMILES string of the molecule is CC1CCc2sc3ncnc(N4CCN(Cc5cccc6ccccc56)CC4)c3c2C1. The highest BCUT2D eigenvalue weighted by Crippen LogP contribution is 2.40. The summed E-state index contributed by atoms with van der Waals surface area (Å²) < 4.78 is 0. The van der Waals surface area contributed by atoms with Crippen molar-refractivity contribution in [1.29, 1.82) is 0 Å². The largest absolute Gasteiger partial charge is 0.353 e. The Labute approximate surface area is 187 Å². The van der Waals surface area contributed by atoms with Crippen LogP contribution in [0.3, 0.4) is 0 Å². The number of aromatic nitrogens is 2. The molecule has 4 nitrogen and oxygen atoms in total. The molecule has 0 amide bonds. The average molecular weight is 429 g/mol. The van der Waals surface area contributed by atoms with Gasteiger partial charge >= 0.3 is 0 Å². The summed E-state index contributed by atoms with van der Waals surface area (Å²) >= 11 is 1.90. The topological polar surface area (TPSA) is 32.3 Å². The molecule has 0 radical (unpaired) electrons. The third kappa shape index (κ3) is 3.50. The lowest BCUT2D eigenvalue weighted by Crippen LogP contribution is -2.46. The molecule has 1 unspecified atom stereocenters. The van der Waals surface area contributed by atoms with E-state index in [-0.39, 0.29) is 0 Å². The molecule has 0 spiro atoms. The summed E-state index contributed by atoms with van der Waals surface area (Å²) in [5.74, 6) is 1.93. The summed E-state index contributed by atoms with van der Waals surface area (Å²) in [5, 5.41) is 4.05. The zero-order valence-corrected chi connectivity index (χ0v) is 18.9. The molecule has 0 bridgehead atoms. The predicted molar refractivity (Wildman–Crippen MR) is 130 cm³/mol. The number of benzene rings is 2. The number of aryl methyl sites for hydroxylation is 1. The van der Waals surface area contributed by atoms with Gasteiger partial charge in [-0.05, 0) is 47.1 Å². The van der Waals surface area contributed by atoms with Crippen LogP contribution in [0.4, 0.5) is 5.82 Å². The Bertz CT molecular complexity index is 1230. The Kier molecular flexibility index (Phi) is 4.88. The van der Waals surface area contributed by atoms with Gasteiger partial charge in [-0.2, -0.15) is 0 Å². The van der Waals surface area contributed by atoms with Gasteiger partial charge in [0.1, 0.15) is 17.0 Å². The monoisotopic (exact) mass is 428 g/mol. The first-order valence-electron chi connectivity index (χ1n) is 11.5. The summed E-state index contributed by atoms with van der Waals surface area (Å²) in [4.78, 5) is 17.2. The van der Waals surface area contributed by atoms with Crippen LogP contribution in [0.5, 0.6) is 0 Å². The van der Waals surface area contributed by atoms with Crippen LogP contribution < -0.4 is 4.90 Å². The van der Waals surface area contributed by atoms with E-state index >= 15 is 0 Å². The fourth-order valence-electron chi connectivity index (χ4n) is 5.29. The fourth-order valence-corrected chi connectivity index (χ4v) is 6.47. The molecule has 3 heterocycles. The normalized spacial score (nSPS) is 19.8. The number of piperazine rings is 1. The first-order chi connectivity index (χ1) is 15.3. The molecule has 1 aliphatic carbocycles. The van der Waals surface area contributed by atoms with Gasteiger partial charge in [0.25, 0.3) is 0 Å². The van der Waals surface area contributed by atoms with E-state index in [4.69, 9.17) is 4.98 Å². The zero-order valence-electron chi connectivity index (χ0n) is 18.1. The third-order valence-electron chi connectivity index (χ3n) is 7.01. The van der Waals surface area contributed by atoms with E-state index in [0.717, 1.165) is 38.6 Å².